The maximum atomic E-state index is 12.2. The highest BCUT2D eigenvalue weighted by Crippen LogP contribution is 2.30. The normalized spacial score (nSPS) is 18.6. The van der Waals surface area contributed by atoms with Gasteiger partial charge in [0.25, 0.3) is 0 Å². The Morgan fingerprint density at radius 2 is 1.46 bits per heavy atom. The standard InChI is InChI=1S/C23H44N2O3/c1-6-7-8-9-11-14-20(26)24-16-13-10-12-15-21(27)28-19-17-22(2,3)25-23(4,5)18-19/h19,25H,6-18H2,1-5H3,(H,24,26). The second-order valence-corrected chi connectivity index (χ2v) is 9.74. The van der Waals surface area contributed by atoms with Gasteiger partial charge in [0, 0.05) is 43.3 Å². The van der Waals surface area contributed by atoms with E-state index in [1.807, 2.05) is 0 Å². The third kappa shape index (κ3) is 11.7. The summed E-state index contributed by atoms with van der Waals surface area (Å²) in [4.78, 5) is 23.9. The molecule has 0 aromatic heterocycles. The highest BCUT2D eigenvalue weighted by molar-refractivity contribution is 5.75. The minimum atomic E-state index is -0.0883. The number of esters is 1. The molecule has 5 heteroatoms. The Bertz CT molecular complexity index is 458. The van der Waals surface area contributed by atoms with Crippen LogP contribution in [0, 0.1) is 0 Å². The van der Waals surface area contributed by atoms with E-state index < -0.39 is 0 Å². The van der Waals surface area contributed by atoms with Crippen molar-refractivity contribution in [1.29, 1.82) is 0 Å². The average molecular weight is 397 g/mol. The van der Waals surface area contributed by atoms with E-state index in [1.165, 1.54) is 19.3 Å². The number of nitrogens with one attached hydrogen (secondary N) is 2. The van der Waals surface area contributed by atoms with Gasteiger partial charge in [0.15, 0.2) is 0 Å². The maximum Gasteiger partial charge on any atom is 0.306 e. The van der Waals surface area contributed by atoms with Crippen LogP contribution in [0.15, 0.2) is 0 Å². The van der Waals surface area contributed by atoms with Crippen LogP contribution in [-0.4, -0.2) is 35.6 Å². The Morgan fingerprint density at radius 3 is 2.11 bits per heavy atom. The average Bonchev–Trinajstić information content (AvgIpc) is 2.54. The van der Waals surface area contributed by atoms with Crippen LogP contribution in [0.1, 0.15) is 112 Å². The topological polar surface area (TPSA) is 67.4 Å². The van der Waals surface area contributed by atoms with Crippen molar-refractivity contribution in [3.05, 3.63) is 0 Å². The summed E-state index contributed by atoms with van der Waals surface area (Å²) in [7, 11) is 0. The zero-order chi connectivity index (χ0) is 21.0. The molecule has 1 amide bonds. The van der Waals surface area contributed by atoms with E-state index in [0.717, 1.165) is 44.9 Å². The molecule has 0 spiro atoms. The first kappa shape index (κ1) is 24.9. The van der Waals surface area contributed by atoms with Crippen molar-refractivity contribution < 1.29 is 14.3 Å². The van der Waals surface area contributed by atoms with E-state index in [2.05, 4.69) is 45.3 Å². The molecule has 5 nitrogen and oxygen atoms in total. The first-order valence-corrected chi connectivity index (χ1v) is 11.4. The molecule has 0 aromatic rings. The van der Waals surface area contributed by atoms with Gasteiger partial charge in [-0.15, -0.1) is 0 Å². The highest BCUT2D eigenvalue weighted by atomic mass is 16.5. The van der Waals surface area contributed by atoms with Crippen molar-refractivity contribution in [2.45, 2.75) is 129 Å². The lowest BCUT2D eigenvalue weighted by molar-refractivity contribution is -0.153. The van der Waals surface area contributed by atoms with Crippen LogP contribution in [0.3, 0.4) is 0 Å². The van der Waals surface area contributed by atoms with Crippen molar-refractivity contribution in [3.63, 3.8) is 0 Å². The minimum Gasteiger partial charge on any atom is -0.462 e. The molecule has 0 aliphatic carbocycles. The van der Waals surface area contributed by atoms with Gasteiger partial charge >= 0.3 is 5.97 Å². The van der Waals surface area contributed by atoms with Crippen LogP contribution in [0.4, 0.5) is 0 Å². The summed E-state index contributed by atoms with van der Waals surface area (Å²) in [5, 5.41) is 6.59. The van der Waals surface area contributed by atoms with Gasteiger partial charge in [-0.1, -0.05) is 39.0 Å². The molecule has 0 aromatic carbocycles. The van der Waals surface area contributed by atoms with Gasteiger partial charge < -0.3 is 15.4 Å². The molecule has 0 atom stereocenters. The Labute approximate surface area is 172 Å². The van der Waals surface area contributed by atoms with Crippen molar-refractivity contribution in [2.75, 3.05) is 6.54 Å². The fraction of sp³-hybridized carbons (Fsp3) is 0.913. The molecule has 28 heavy (non-hydrogen) atoms. The van der Waals surface area contributed by atoms with Gasteiger partial charge in [-0.2, -0.15) is 0 Å². The summed E-state index contributed by atoms with van der Waals surface area (Å²) in [6.45, 7) is 11.5. The molecular weight excluding hydrogens is 352 g/mol. The molecule has 164 valence electrons. The molecule has 1 saturated heterocycles. The number of amides is 1. The first-order chi connectivity index (χ1) is 13.1. The van der Waals surface area contributed by atoms with E-state index >= 15 is 0 Å². The van der Waals surface area contributed by atoms with E-state index in [1.54, 1.807) is 0 Å². The maximum absolute atomic E-state index is 12.2. The molecule has 1 fully saturated rings. The molecule has 0 unspecified atom stereocenters. The Hall–Kier alpha value is -1.10. The van der Waals surface area contributed by atoms with Crippen LogP contribution >= 0.6 is 0 Å². The van der Waals surface area contributed by atoms with Crippen molar-refractivity contribution in [2.24, 2.45) is 0 Å². The van der Waals surface area contributed by atoms with Gasteiger partial charge in [0.2, 0.25) is 5.91 Å². The number of hydrogen-bond acceptors (Lipinski definition) is 4. The fourth-order valence-corrected chi connectivity index (χ4v) is 4.33. The Balaban J connectivity index is 2.05. The highest BCUT2D eigenvalue weighted by Gasteiger charge is 2.39. The number of unbranched alkanes of at least 4 members (excludes halogenated alkanes) is 6. The Kier molecular flexibility index (Phi) is 11.1. The molecular formula is C23H44N2O3. The summed E-state index contributed by atoms with van der Waals surface area (Å²) in [6, 6.07) is 0. The lowest BCUT2D eigenvalue weighted by Crippen LogP contribution is -2.59. The third-order valence-corrected chi connectivity index (χ3v) is 5.34. The van der Waals surface area contributed by atoms with Crippen LogP contribution in [-0.2, 0) is 14.3 Å². The molecule has 1 aliphatic heterocycles. The second-order valence-electron chi connectivity index (χ2n) is 9.74. The second kappa shape index (κ2) is 12.5. The summed E-state index contributed by atoms with van der Waals surface area (Å²) in [5.41, 5.74) is -0.0260. The van der Waals surface area contributed by atoms with Gasteiger partial charge in [-0.05, 0) is 47.0 Å². The summed E-state index contributed by atoms with van der Waals surface area (Å²) < 4.78 is 5.73. The van der Waals surface area contributed by atoms with E-state index in [-0.39, 0.29) is 29.1 Å². The zero-order valence-corrected chi connectivity index (χ0v) is 19.0. The molecule has 0 bridgehead atoms. The van der Waals surface area contributed by atoms with Crippen molar-refractivity contribution in [3.8, 4) is 0 Å². The van der Waals surface area contributed by atoms with E-state index in [9.17, 15) is 9.59 Å². The SMILES string of the molecule is CCCCCCCC(=O)NCCCCCC(=O)OC1CC(C)(C)NC(C)(C)C1. The van der Waals surface area contributed by atoms with Gasteiger partial charge in [0.05, 0.1) is 0 Å². The molecule has 0 radical (unpaired) electrons. The fourth-order valence-electron chi connectivity index (χ4n) is 4.33. The number of rotatable bonds is 13. The monoisotopic (exact) mass is 396 g/mol. The summed E-state index contributed by atoms with van der Waals surface area (Å²) in [5.74, 6) is 0.0710. The number of hydrogen-bond donors (Lipinski definition) is 2. The van der Waals surface area contributed by atoms with Gasteiger partial charge in [-0.25, -0.2) is 0 Å². The minimum absolute atomic E-state index is 0.00429. The lowest BCUT2D eigenvalue weighted by Gasteiger charge is -2.45. The Morgan fingerprint density at radius 1 is 0.893 bits per heavy atom. The molecule has 1 aliphatic rings. The third-order valence-electron chi connectivity index (χ3n) is 5.34. The van der Waals surface area contributed by atoms with Crippen LogP contribution in [0.5, 0.6) is 0 Å². The zero-order valence-electron chi connectivity index (χ0n) is 19.0. The molecule has 2 N–H and O–H groups in total. The summed E-state index contributed by atoms with van der Waals surface area (Å²) in [6.07, 6.45) is 11.3. The largest absolute Gasteiger partial charge is 0.462 e. The van der Waals surface area contributed by atoms with Crippen LogP contribution in [0.25, 0.3) is 0 Å². The molecule has 1 rings (SSSR count). The number of carbonyl (C=O) groups excluding carboxylic acids is 2. The van der Waals surface area contributed by atoms with E-state index in [4.69, 9.17) is 4.74 Å². The van der Waals surface area contributed by atoms with Crippen molar-refractivity contribution >= 4 is 11.9 Å². The smallest absolute Gasteiger partial charge is 0.306 e. The number of ether oxygens (including phenoxy) is 1. The lowest BCUT2D eigenvalue weighted by atomic mass is 9.81. The first-order valence-electron chi connectivity index (χ1n) is 11.4. The van der Waals surface area contributed by atoms with Crippen LogP contribution < -0.4 is 10.6 Å². The van der Waals surface area contributed by atoms with Gasteiger partial charge in [0.1, 0.15) is 6.10 Å². The number of carbonyl (C=O) groups is 2. The van der Waals surface area contributed by atoms with Crippen LogP contribution in [0.2, 0.25) is 0 Å². The summed E-state index contributed by atoms with van der Waals surface area (Å²) >= 11 is 0. The van der Waals surface area contributed by atoms with Gasteiger partial charge in [-0.3, -0.25) is 9.59 Å². The van der Waals surface area contributed by atoms with Crippen molar-refractivity contribution in [1.82, 2.24) is 10.6 Å². The predicted molar refractivity (Wildman–Crippen MR) is 115 cm³/mol. The predicted octanol–water partition coefficient (Wildman–Crippen LogP) is 4.88. The number of piperidine rings is 1. The quantitative estimate of drug-likeness (QED) is 0.344. The molecule has 0 saturated carbocycles. The van der Waals surface area contributed by atoms with E-state index in [0.29, 0.717) is 19.4 Å². The molecule has 1 heterocycles.